The van der Waals surface area contributed by atoms with E-state index in [1.165, 1.54) is 11.1 Å². The summed E-state index contributed by atoms with van der Waals surface area (Å²) < 4.78 is 0. The lowest BCUT2D eigenvalue weighted by Crippen LogP contribution is -2.20. The molecular weight excluding hydrogens is 186 g/mol. The van der Waals surface area contributed by atoms with Gasteiger partial charge in [0.2, 0.25) is 0 Å². The molecule has 1 aliphatic heterocycles. The number of aryl methyl sites for hydroxylation is 2. The molecule has 0 saturated heterocycles. The maximum absolute atomic E-state index is 5.79. The zero-order valence-corrected chi connectivity index (χ0v) is 9.49. The lowest BCUT2D eigenvalue weighted by atomic mass is 10.1. The van der Waals surface area contributed by atoms with Crippen LogP contribution in [0.5, 0.6) is 0 Å². The van der Waals surface area contributed by atoms with E-state index in [4.69, 9.17) is 5.73 Å². The van der Waals surface area contributed by atoms with E-state index in [1.807, 2.05) is 5.01 Å². The Labute approximate surface area is 90.6 Å². The molecule has 15 heavy (non-hydrogen) atoms. The van der Waals surface area contributed by atoms with E-state index >= 15 is 0 Å². The van der Waals surface area contributed by atoms with Crippen LogP contribution in [0.4, 0.5) is 5.69 Å². The minimum Gasteiger partial charge on any atom is -0.385 e. The fraction of sp³-hybridized carbons (Fsp3) is 0.417. The van der Waals surface area contributed by atoms with Crippen molar-refractivity contribution in [2.24, 2.45) is 16.8 Å². The first kappa shape index (κ1) is 10.0. The average Bonchev–Trinajstić information content (AvgIpc) is 2.45. The second-order valence-electron chi connectivity index (χ2n) is 4.35. The van der Waals surface area contributed by atoms with Gasteiger partial charge in [-0.05, 0) is 37.1 Å². The van der Waals surface area contributed by atoms with Gasteiger partial charge in [-0.3, -0.25) is 5.01 Å². The number of hydrazone groups is 1. The summed E-state index contributed by atoms with van der Waals surface area (Å²) in [5.41, 5.74) is 9.45. The van der Waals surface area contributed by atoms with Crippen molar-refractivity contribution < 1.29 is 0 Å². The topological polar surface area (TPSA) is 41.6 Å². The Morgan fingerprint density at radius 3 is 2.33 bits per heavy atom. The van der Waals surface area contributed by atoms with E-state index in [1.54, 1.807) is 0 Å². The van der Waals surface area contributed by atoms with Crippen molar-refractivity contribution in [2.45, 2.75) is 20.8 Å². The molecule has 1 aromatic rings. The Morgan fingerprint density at radius 1 is 1.27 bits per heavy atom. The first-order chi connectivity index (χ1) is 7.06. The van der Waals surface area contributed by atoms with Gasteiger partial charge >= 0.3 is 0 Å². The zero-order chi connectivity index (χ0) is 11.0. The Balaban J connectivity index is 2.31. The summed E-state index contributed by atoms with van der Waals surface area (Å²) in [6.07, 6.45) is 0. The normalized spacial score (nSPS) is 20.6. The fourth-order valence-electron chi connectivity index (χ4n) is 1.89. The first-order valence-electron chi connectivity index (χ1n) is 5.26. The molecule has 1 heterocycles. The Bertz CT molecular complexity index is 389. The van der Waals surface area contributed by atoms with Crippen molar-refractivity contribution in [1.29, 1.82) is 0 Å². The Kier molecular flexibility index (Phi) is 2.39. The summed E-state index contributed by atoms with van der Waals surface area (Å²) in [5.74, 6) is 1.08. The predicted octanol–water partition coefficient (Wildman–Crippen LogP) is 2.03. The molecule has 80 valence electrons. The fourth-order valence-corrected chi connectivity index (χ4v) is 1.89. The van der Waals surface area contributed by atoms with Gasteiger partial charge < -0.3 is 5.73 Å². The van der Waals surface area contributed by atoms with Crippen molar-refractivity contribution in [1.82, 2.24) is 0 Å². The molecule has 3 heteroatoms. The molecule has 0 fully saturated rings. The van der Waals surface area contributed by atoms with Gasteiger partial charge in [0, 0.05) is 5.92 Å². The van der Waals surface area contributed by atoms with Gasteiger partial charge in [-0.15, -0.1) is 0 Å². The van der Waals surface area contributed by atoms with E-state index in [0.29, 0.717) is 5.92 Å². The molecule has 0 spiro atoms. The van der Waals surface area contributed by atoms with Crippen LogP contribution in [0.1, 0.15) is 18.1 Å². The molecule has 0 bridgehead atoms. The van der Waals surface area contributed by atoms with Crippen LogP contribution in [0.3, 0.4) is 0 Å². The summed E-state index contributed by atoms with van der Waals surface area (Å²) in [7, 11) is 0. The molecule has 0 saturated carbocycles. The van der Waals surface area contributed by atoms with Gasteiger partial charge in [-0.1, -0.05) is 13.0 Å². The number of nitrogens with two attached hydrogens (primary N) is 1. The van der Waals surface area contributed by atoms with Crippen LogP contribution >= 0.6 is 0 Å². The van der Waals surface area contributed by atoms with Crippen LogP contribution in [0.25, 0.3) is 0 Å². The van der Waals surface area contributed by atoms with Crippen LogP contribution < -0.4 is 10.7 Å². The number of amidine groups is 1. The number of nitrogens with zero attached hydrogens (tertiary/aromatic N) is 2. The molecule has 2 rings (SSSR count). The molecule has 0 aromatic heterocycles. The van der Waals surface area contributed by atoms with Gasteiger partial charge in [0.15, 0.2) is 0 Å². The molecule has 0 radical (unpaired) electrons. The highest BCUT2D eigenvalue weighted by molar-refractivity contribution is 5.86. The minimum atomic E-state index is 0.353. The van der Waals surface area contributed by atoms with Crippen LogP contribution in [0.15, 0.2) is 23.3 Å². The van der Waals surface area contributed by atoms with Crippen LogP contribution in [0.2, 0.25) is 0 Å². The number of hydrogen-bond donors (Lipinski definition) is 1. The van der Waals surface area contributed by atoms with E-state index in [0.717, 1.165) is 18.1 Å². The molecule has 0 aliphatic carbocycles. The van der Waals surface area contributed by atoms with Crippen molar-refractivity contribution >= 4 is 11.5 Å². The highest BCUT2D eigenvalue weighted by Gasteiger charge is 2.21. The van der Waals surface area contributed by atoms with E-state index < -0.39 is 0 Å². The largest absolute Gasteiger partial charge is 0.385 e. The summed E-state index contributed by atoms with van der Waals surface area (Å²) >= 11 is 0. The van der Waals surface area contributed by atoms with Crippen molar-refractivity contribution in [3.05, 3.63) is 29.3 Å². The highest BCUT2D eigenvalue weighted by atomic mass is 15.5. The molecular formula is C12H17N3. The molecule has 2 N–H and O–H groups in total. The second-order valence-corrected chi connectivity index (χ2v) is 4.35. The lowest BCUT2D eigenvalue weighted by Gasteiger charge is -2.15. The maximum Gasteiger partial charge on any atom is 0.124 e. The SMILES string of the molecule is Cc1cc(C)cc(N2CC(C)C(N)=N2)c1. The predicted molar refractivity (Wildman–Crippen MR) is 64.0 cm³/mol. The number of benzene rings is 1. The van der Waals surface area contributed by atoms with Gasteiger partial charge in [-0.25, -0.2) is 0 Å². The number of hydrogen-bond acceptors (Lipinski definition) is 3. The monoisotopic (exact) mass is 203 g/mol. The molecule has 1 unspecified atom stereocenters. The van der Waals surface area contributed by atoms with Gasteiger partial charge in [0.05, 0.1) is 12.2 Å². The molecule has 1 aromatic carbocycles. The quantitative estimate of drug-likeness (QED) is 0.758. The summed E-state index contributed by atoms with van der Waals surface area (Å²) in [6.45, 7) is 7.18. The van der Waals surface area contributed by atoms with E-state index in [9.17, 15) is 0 Å². The maximum atomic E-state index is 5.79. The van der Waals surface area contributed by atoms with Crippen LogP contribution in [-0.2, 0) is 0 Å². The van der Waals surface area contributed by atoms with Gasteiger partial charge in [0.25, 0.3) is 0 Å². The lowest BCUT2D eigenvalue weighted by molar-refractivity contribution is 0.772. The average molecular weight is 203 g/mol. The van der Waals surface area contributed by atoms with E-state index in [-0.39, 0.29) is 0 Å². The van der Waals surface area contributed by atoms with E-state index in [2.05, 4.69) is 44.1 Å². The van der Waals surface area contributed by atoms with Crippen LogP contribution in [0, 0.1) is 19.8 Å². The summed E-state index contributed by atoms with van der Waals surface area (Å²) in [6, 6.07) is 6.44. The third-order valence-electron chi connectivity index (χ3n) is 2.69. The minimum absolute atomic E-state index is 0.353. The van der Waals surface area contributed by atoms with Gasteiger partial charge in [-0.2, -0.15) is 5.10 Å². The van der Waals surface area contributed by atoms with Crippen LogP contribution in [-0.4, -0.2) is 12.4 Å². The number of rotatable bonds is 1. The standard InChI is InChI=1S/C12H17N3/c1-8-4-9(2)6-11(5-8)15-7-10(3)12(13)14-15/h4-6,10H,7H2,1-3H3,(H2,13,14). The molecule has 1 aliphatic rings. The molecule has 0 amide bonds. The second kappa shape index (κ2) is 3.57. The smallest absolute Gasteiger partial charge is 0.124 e. The Morgan fingerprint density at radius 2 is 1.87 bits per heavy atom. The van der Waals surface area contributed by atoms with Crippen molar-refractivity contribution in [3.8, 4) is 0 Å². The first-order valence-corrected chi connectivity index (χ1v) is 5.26. The highest BCUT2D eigenvalue weighted by Crippen LogP contribution is 2.23. The zero-order valence-electron chi connectivity index (χ0n) is 9.49. The molecule has 1 atom stereocenters. The summed E-state index contributed by atoms with van der Waals surface area (Å²) in [4.78, 5) is 0. The third-order valence-corrected chi connectivity index (χ3v) is 2.69. The number of anilines is 1. The van der Waals surface area contributed by atoms with Gasteiger partial charge in [0.1, 0.15) is 5.84 Å². The van der Waals surface area contributed by atoms with Crippen molar-refractivity contribution in [3.63, 3.8) is 0 Å². The molecule has 3 nitrogen and oxygen atoms in total. The Hall–Kier alpha value is -1.51. The van der Waals surface area contributed by atoms with Crippen molar-refractivity contribution in [2.75, 3.05) is 11.6 Å². The summed E-state index contributed by atoms with van der Waals surface area (Å²) in [5, 5.41) is 6.34. The third kappa shape index (κ3) is 1.96.